The summed E-state index contributed by atoms with van der Waals surface area (Å²) in [4.78, 5) is 60.4. The molecule has 188 valence electrons. The normalized spacial score (nSPS) is 10.7. The van der Waals surface area contributed by atoms with Gasteiger partial charge in [-0.25, -0.2) is 9.97 Å². The summed E-state index contributed by atoms with van der Waals surface area (Å²) in [6, 6.07) is 4.75. The Bertz CT molecular complexity index is 958. The second-order valence-corrected chi connectivity index (χ2v) is 7.26. The highest BCUT2D eigenvalue weighted by atomic mass is 16.6. The van der Waals surface area contributed by atoms with E-state index in [-0.39, 0.29) is 48.9 Å². The van der Waals surface area contributed by atoms with E-state index in [2.05, 4.69) is 9.97 Å². The molecule has 0 radical (unpaired) electrons. The van der Waals surface area contributed by atoms with E-state index in [1.54, 1.807) is 52.8 Å². The van der Waals surface area contributed by atoms with Crippen LogP contribution in [0, 0.1) is 6.92 Å². The number of aryl methyl sites for hydroxylation is 1. The number of ether oxygens (including phenoxy) is 4. The third-order valence-corrected chi connectivity index (χ3v) is 4.84. The van der Waals surface area contributed by atoms with Gasteiger partial charge in [0, 0.05) is 18.0 Å². The summed E-state index contributed by atoms with van der Waals surface area (Å²) < 4.78 is 20.7. The maximum absolute atomic E-state index is 13.0. The van der Waals surface area contributed by atoms with Crippen molar-refractivity contribution in [3.63, 3.8) is 0 Å². The highest BCUT2D eigenvalue weighted by Crippen LogP contribution is 2.38. The molecule has 0 fully saturated rings. The van der Waals surface area contributed by atoms with Crippen molar-refractivity contribution in [1.82, 2.24) is 9.97 Å². The van der Waals surface area contributed by atoms with Crippen LogP contribution in [-0.4, -0.2) is 60.3 Å². The van der Waals surface area contributed by atoms with Gasteiger partial charge in [-0.05, 0) is 51.8 Å². The van der Waals surface area contributed by atoms with Crippen LogP contribution in [0.4, 0.5) is 0 Å². The van der Waals surface area contributed by atoms with Crippen LogP contribution in [0.3, 0.4) is 0 Å². The minimum absolute atomic E-state index is 0.0266. The molecule has 2 rings (SSSR count). The Morgan fingerprint density at radius 1 is 0.686 bits per heavy atom. The van der Waals surface area contributed by atoms with E-state index in [0.717, 1.165) is 0 Å². The average molecular weight is 487 g/mol. The molecule has 35 heavy (non-hydrogen) atoms. The maximum atomic E-state index is 13.0. The first-order chi connectivity index (χ1) is 16.8. The molecule has 0 aliphatic heterocycles. The van der Waals surface area contributed by atoms with Crippen LogP contribution < -0.4 is 0 Å². The van der Waals surface area contributed by atoms with Crippen LogP contribution in [0.1, 0.15) is 56.2 Å². The van der Waals surface area contributed by atoms with E-state index in [4.69, 9.17) is 18.9 Å². The topological polar surface area (TPSA) is 131 Å². The van der Waals surface area contributed by atoms with Crippen molar-refractivity contribution in [2.75, 3.05) is 26.4 Å². The van der Waals surface area contributed by atoms with Gasteiger partial charge in [0.25, 0.3) is 0 Å². The maximum Gasteiger partial charge on any atom is 0.324 e. The van der Waals surface area contributed by atoms with Crippen molar-refractivity contribution in [2.24, 2.45) is 0 Å². The van der Waals surface area contributed by atoms with Crippen molar-refractivity contribution in [3.05, 3.63) is 47.3 Å². The van der Waals surface area contributed by atoms with Crippen molar-refractivity contribution in [3.8, 4) is 11.4 Å². The zero-order chi connectivity index (χ0) is 26.0. The predicted molar refractivity (Wildman–Crippen MR) is 124 cm³/mol. The predicted octanol–water partition coefficient (Wildman–Crippen LogP) is 2.87. The number of aromatic nitrogens is 2. The fourth-order valence-electron chi connectivity index (χ4n) is 3.59. The van der Waals surface area contributed by atoms with Gasteiger partial charge < -0.3 is 18.9 Å². The average Bonchev–Trinajstić information content (AvgIpc) is 2.80. The van der Waals surface area contributed by atoms with E-state index >= 15 is 0 Å². The lowest BCUT2D eigenvalue weighted by Gasteiger charge is -2.23. The molecule has 2 aromatic rings. The molecule has 1 aromatic carbocycles. The first kappa shape index (κ1) is 27.4. The molecule has 10 heteroatoms. The lowest BCUT2D eigenvalue weighted by atomic mass is 9.84. The molecular formula is C25H30N2O8. The Kier molecular flexibility index (Phi) is 10.3. The first-order valence-electron chi connectivity index (χ1n) is 11.4. The molecule has 1 heterocycles. The Hall–Kier alpha value is -3.82. The summed E-state index contributed by atoms with van der Waals surface area (Å²) in [7, 11) is 0. The highest BCUT2D eigenvalue weighted by Gasteiger charge is 2.40. The Labute approximate surface area is 204 Å². The number of carbonyl (C=O) groups is 4. The third-order valence-electron chi connectivity index (χ3n) is 4.84. The zero-order valence-electron chi connectivity index (χ0n) is 20.5. The number of hydrogen-bond acceptors (Lipinski definition) is 10. The van der Waals surface area contributed by atoms with Crippen molar-refractivity contribution in [2.45, 2.75) is 46.5 Å². The molecule has 0 amide bonds. The van der Waals surface area contributed by atoms with Gasteiger partial charge in [0.15, 0.2) is 17.7 Å². The molecule has 0 atom stereocenters. The minimum Gasteiger partial charge on any atom is -0.465 e. The molecule has 0 spiro atoms. The van der Waals surface area contributed by atoms with Gasteiger partial charge in [0.2, 0.25) is 0 Å². The molecule has 0 aliphatic carbocycles. The van der Waals surface area contributed by atoms with Gasteiger partial charge in [-0.2, -0.15) is 0 Å². The molecule has 0 aliphatic rings. The fraction of sp³-hybridized carbons (Fsp3) is 0.440. The quantitative estimate of drug-likeness (QED) is 0.265. The molecule has 0 saturated carbocycles. The molecule has 10 nitrogen and oxygen atoms in total. The van der Waals surface area contributed by atoms with Gasteiger partial charge in [-0.3, -0.25) is 19.2 Å². The van der Waals surface area contributed by atoms with Gasteiger partial charge in [0.05, 0.1) is 26.4 Å². The SMILES string of the molecule is CCOC(=O)C(C(=O)OCC)c1cc(C)cc(C(C(=O)OCC)C(=O)OCC)c1-c1ncccn1. The first-order valence-corrected chi connectivity index (χ1v) is 11.4. The molecule has 0 bridgehead atoms. The van der Waals surface area contributed by atoms with Crippen molar-refractivity contribution >= 4 is 23.9 Å². The van der Waals surface area contributed by atoms with E-state index in [1.807, 2.05) is 0 Å². The molecule has 0 N–H and O–H groups in total. The van der Waals surface area contributed by atoms with Gasteiger partial charge in [-0.1, -0.05) is 17.7 Å². The number of carbonyl (C=O) groups excluding carboxylic acids is 4. The smallest absolute Gasteiger partial charge is 0.324 e. The van der Waals surface area contributed by atoms with E-state index in [1.165, 1.54) is 12.4 Å². The van der Waals surface area contributed by atoms with E-state index in [0.29, 0.717) is 5.56 Å². The van der Waals surface area contributed by atoms with Crippen LogP contribution in [-0.2, 0) is 38.1 Å². The monoisotopic (exact) mass is 486 g/mol. The number of esters is 4. The summed E-state index contributed by atoms with van der Waals surface area (Å²) in [6.07, 6.45) is 2.92. The fourth-order valence-corrected chi connectivity index (χ4v) is 3.59. The summed E-state index contributed by atoms with van der Waals surface area (Å²) in [5, 5.41) is 0. The second-order valence-electron chi connectivity index (χ2n) is 7.26. The Balaban J connectivity index is 2.94. The zero-order valence-corrected chi connectivity index (χ0v) is 20.5. The molecule has 1 aromatic heterocycles. The van der Waals surface area contributed by atoms with Crippen LogP contribution >= 0.6 is 0 Å². The van der Waals surface area contributed by atoms with Crippen molar-refractivity contribution < 1.29 is 38.1 Å². The molecular weight excluding hydrogens is 456 g/mol. The molecule has 0 unspecified atom stereocenters. The standard InChI is InChI=1S/C25H30N2O8/c1-6-32-22(28)19(23(29)33-7-2)16-13-15(5)14-17(18(16)21-26-11-10-12-27-21)20(24(30)34-8-3)25(31)35-9-4/h10-14,19-20H,6-9H2,1-5H3. The number of hydrogen-bond donors (Lipinski definition) is 0. The number of benzene rings is 1. The van der Waals surface area contributed by atoms with Crippen molar-refractivity contribution in [1.29, 1.82) is 0 Å². The summed E-state index contributed by atoms with van der Waals surface area (Å²) in [5.74, 6) is -6.29. The lowest BCUT2D eigenvalue weighted by Crippen LogP contribution is -2.30. The van der Waals surface area contributed by atoms with E-state index < -0.39 is 35.7 Å². The van der Waals surface area contributed by atoms with Gasteiger partial charge >= 0.3 is 23.9 Å². The summed E-state index contributed by atoms with van der Waals surface area (Å²) >= 11 is 0. The van der Waals surface area contributed by atoms with Crippen LogP contribution in [0.15, 0.2) is 30.6 Å². The van der Waals surface area contributed by atoms with Gasteiger partial charge in [0.1, 0.15) is 0 Å². The highest BCUT2D eigenvalue weighted by molar-refractivity contribution is 6.05. The third kappa shape index (κ3) is 6.62. The minimum atomic E-state index is -1.50. The summed E-state index contributed by atoms with van der Waals surface area (Å²) in [5.41, 5.74) is 0.990. The number of nitrogens with zero attached hydrogens (tertiary/aromatic N) is 2. The largest absolute Gasteiger partial charge is 0.465 e. The molecule has 0 saturated heterocycles. The second kappa shape index (κ2) is 13.2. The van der Waals surface area contributed by atoms with Gasteiger partial charge in [-0.15, -0.1) is 0 Å². The van der Waals surface area contributed by atoms with Crippen LogP contribution in [0.25, 0.3) is 11.4 Å². The lowest BCUT2D eigenvalue weighted by molar-refractivity contribution is -0.158. The van der Waals surface area contributed by atoms with E-state index in [9.17, 15) is 19.2 Å². The Morgan fingerprint density at radius 2 is 1.03 bits per heavy atom. The van der Waals surface area contributed by atoms with Crippen LogP contribution in [0.2, 0.25) is 0 Å². The van der Waals surface area contributed by atoms with Crippen LogP contribution in [0.5, 0.6) is 0 Å². The Morgan fingerprint density at radius 3 is 1.34 bits per heavy atom. The number of rotatable bonds is 11. The summed E-state index contributed by atoms with van der Waals surface area (Å²) in [6.45, 7) is 8.25.